The maximum absolute atomic E-state index is 12.6. The highest BCUT2D eigenvalue weighted by molar-refractivity contribution is 5.89. The van der Waals surface area contributed by atoms with Crippen LogP contribution in [0.15, 0.2) is 55.8 Å². The first kappa shape index (κ1) is 33.0. The number of anilines is 2. The van der Waals surface area contributed by atoms with Gasteiger partial charge >= 0.3 is 12.2 Å². The summed E-state index contributed by atoms with van der Waals surface area (Å²) in [7, 11) is 0. The third-order valence-corrected chi connectivity index (χ3v) is 8.03. The van der Waals surface area contributed by atoms with Crippen LogP contribution in [0.2, 0.25) is 0 Å². The maximum Gasteiger partial charge on any atom is 0.416 e. The van der Waals surface area contributed by atoms with E-state index in [1.807, 2.05) is 38.7 Å². The highest BCUT2D eigenvalue weighted by Gasteiger charge is 2.32. The Morgan fingerprint density at radius 2 is 1.77 bits per heavy atom. The summed E-state index contributed by atoms with van der Waals surface area (Å²) in [5.74, 6) is 1.03. The average Bonchev–Trinajstić information content (AvgIpc) is 2.99. The summed E-state index contributed by atoms with van der Waals surface area (Å²) in [5.41, 5.74) is 2.63. The van der Waals surface area contributed by atoms with E-state index in [9.17, 15) is 9.59 Å². The zero-order valence-electron chi connectivity index (χ0n) is 26.9. The lowest BCUT2D eigenvalue weighted by Gasteiger charge is -2.40. The molecule has 0 saturated carbocycles. The largest absolute Gasteiger partial charge is 0.444 e. The van der Waals surface area contributed by atoms with Crippen LogP contribution in [-0.4, -0.2) is 69.8 Å². The quantitative estimate of drug-likeness (QED) is 0.204. The number of carbonyl (C=O) groups is 2. The molecule has 1 unspecified atom stereocenters. The van der Waals surface area contributed by atoms with E-state index >= 15 is 0 Å². The number of aromatic nitrogens is 2. The molecule has 3 atom stereocenters. The predicted molar refractivity (Wildman–Crippen MR) is 174 cm³/mol. The van der Waals surface area contributed by atoms with Crippen molar-refractivity contribution in [1.82, 2.24) is 19.8 Å². The van der Waals surface area contributed by atoms with Crippen molar-refractivity contribution in [3.63, 3.8) is 0 Å². The van der Waals surface area contributed by atoms with Crippen LogP contribution < -0.4 is 10.2 Å². The highest BCUT2D eigenvalue weighted by Crippen LogP contribution is 2.31. The zero-order chi connectivity index (χ0) is 31.9. The van der Waals surface area contributed by atoms with E-state index in [0.717, 1.165) is 43.5 Å². The van der Waals surface area contributed by atoms with Crippen LogP contribution in [0.3, 0.4) is 0 Å². The normalized spacial score (nSPS) is 17.6. The first-order chi connectivity index (χ1) is 21.0. The van der Waals surface area contributed by atoms with E-state index in [1.165, 1.54) is 5.56 Å². The minimum atomic E-state index is -0.500. The molecule has 2 amide bonds. The van der Waals surface area contributed by atoms with Gasteiger partial charge in [-0.2, -0.15) is 4.98 Å². The van der Waals surface area contributed by atoms with Gasteiger partial charge in [0.1, 0.15) is 18.0 Å². The van der Waals surface area contributed by atoms with E-state index in [0.29, 0.717) is 31.3 Å². The number of fused-ring (bicyclic) bond motifs is 1. The topological polar surface area (TPSA) is 100 Å². The molecule has 2 aliphatic rings. The van der Waals surface area contributed by atoms with Gasteiger partial charge in [-0.25, -0.2) is 14.6 Å². The number of piperazine rings is 1. The Morgan fingerprint density at radius 1 is 1.09 bits per heavy atom. The first-order valence-corrected chi connectivity index (χ1v) is 15.6. The van der Waals surface area contributed by atoms with E-state index in [2.05, 4.69) is 59.5 Å². The average molecular weight is 605 g/mol. The minimum Gasteiger partial charge on any atom is -0.444 e. The van der Waals surface area contributed by atoms with E-state index in [1.54, 1.807) is 17.2 Å². The van der Waals surface area contributed by atoms with Gasteiger partial charge in [-0.15, -0.1) is 13.2 Å². The number of allylic oxidation sites excluding steroid dienone is 1. The second kappa shape index (κ2) is 14.7. The third kappa shape index (κ3) is 8.37. The number of amides is 2. The van der Waals surface area contributed by atoms with Crippen molar-refractivity contribution in [2.24, 2.45) is 0 Å². The Hall–Kier alpha value is -3.92. The lowest BCUT2D eigenvalue weighted by molar-refractivity contribution is 0.00963. The number of rotatable bonds is 12. The smallest absolute Gasteiger partial charge is 0.416 e. The molecule has 0 radical (unpaired) electrons. The second-order valence-electron chi connectivity index (χ2n) is 12.6. The van der Waals surface area contributed by atoms with Crippen molar-refractivity contribution in [3.05, 3.63) is 72.5 Å². The van der Waals surface area contributed by atoms with Gasteiger partial charge in [0, 0.05) is 44.5 Å². The summed E-state index contributed by atoms with van der Waals surface area (Å²) < 4.78 is 10.9. The Morgan fingerprint density at radius 3 is 2.41 bits per heavy atom. The maximum atomic E-state index is 12.6. The number of nitrogens with one attached hydrogen (secondary N) is 1. The predicted octanol–water partition coefficient (Wildman–Crippen LogP) is 7.02. The van der Waals surface area contributed by atoms with Crippen molar-refractivity contribution in [2.45, 2.75) is 90.6 Å². The molecule has 1 fully saturated rings. The van der Waals surface area contributed by atoms with Gasteiger partial charge in [-0.05, 0) is 71.4 Å². The van der Waals surface area contributed by atoms with Crippen LogP contribution in [0.1, 0.15) is 89.1 Å². The number of benzene rings is 1. The Balaban J connectivity index is 1.44. The zero-order valence-corrected chi connectivity index (χ0v) is 26.9. The van der Waals surface area contributed by atoms with Gasteiger partial charge in [-0.3, -0.25) is 9.80 Å². The summed E-state index contributed by atoms with van der Waals surface area (Å²) in [6.07, 6.45) is 8.47. The molecule has 1 N–H and O–H groups in total. The molecule has 2 aliphatic heterocycles. The van der Waals surface area contributed by atoms with Gasteiger partial charge in [0.2, 0.25) is 5.95 Å². The Bertz CT molecular complexity index is 1300. The summed E-state index contributed by atoms with van der Waals surface area (Å²) in [4.78, 5) is 40.2. The molecule has 0 bridgehead atoms. The molecule has 4 rings (SSSR count). The molecule has 10 heteroatoms. The third-order valence-electron chi connectivity index (χ3n) is 8.03. The molecule has 1 aromatic carbocycles. The fourth-order valence-corrected chi connectivity index (χ4v) is 5.65. The van der Waals surface area contributed by atoms with Gasteiger partial charge in [-0.1, -0.05) is 36.4 Å². The molecule has 0 spiro atoms. The molecule has 1 saturated heterocycles. The Labute approximate surface area is 262 Å². The molecular weight excluding hydrogens is 556 g/mol. The molecule has 1 aromatic heterocycles. The van der Waals surface area contributed by atoms with Gasteiger partial charge in [0.05, 0.1) is 11.6 Å². The van der Waals surface area contributed by atoms with Crippen LogP contribution in [0.4, 0.5) is 21.4 Å². The molecule has 3 heterocycles. The van der Waals surface area contributed by atoms with Crippen molar-refractivity contribution in [3.8, 4) is 0 Å². The van der Waals surface area contributed by atoms with E-state index in [-0.39, 0.29) is 30.8 Å². The first-order valence-electron chi connectivity index (χ1n) is 15.6. The summed E-state index contributed by atoms with van der Waals surface area (Å²) in [6, 6.07) is 8.76. The fourth-order valence-electron chi connectivity index (χ4n) is 5.65. The van der Waals surface area contributed by atoms with Gasteiger partial charge < -0.3 is 19.7 Å². The van der Waals surface area contributed by atoms with E-state index < -0.39 is 11.7 Å². The molecule has 238 valence electrons. The van der Waals surface area contributed by atoms with Crippen molar-refractivity contribution in [2.75, 3.05) is 36.4 Å². The molecule has 44 heavy (non-hydrogen) atoms. The fraction of sp³-hybridized carbons (Fsp3) is 0.529. The summed E-state index contributed by atoms with van der Waals surface area (Å²) >= 11 is 0. The molecule has 10 nitrogen and oxygen atoms in total. The highest BCUT2D eigenvalue weighted by atomic mass is 16.6. The van der Waals surface area contributed by atoms with Crippen molar-refractivity contribution >= 4 is 24.0 Å². The van der Waals surface area contributed by atoms with Crippen LogP contribution in [0, 0.1) is 0 Å². The summed E-state index contributed by atoms with van der Waals surface area (Å²) in [5, 5.41) is 3.41. The van der Waals surface area contributed by atoms with Gasteiger partial charge in [0.15, 0.2) is 0 Å². The lowest BCUT2D eigenvalue weighted by Crippen LogP contribution is -2.50. The number of nitrogens with zero attached hydrogens (tertiary/aromatic N) is 5. The number of cyclic esters (lactones) is 1. The number of hydrogen-bond acceptors (Lipinski definition) is 8. The Kier molecular flexibility index (Phi) is 11.0. The number of hydrogen-bond donors (Lipinski definition) is 1. The van der Waals surface area contributed by atoms with Crippen LogP contribution in [0.5, 0.6) is 0 Å². The van der Waals surface area contributed by atoms with Crippen LogP contribution in [0.25, 0.3) is 0 Å². The second-order valence-corrected chi connectivity index (χ2v) is 12.6. The van der Waals surface area contributed by atoms with Gasteiger partial charge in [0.25, 0.3) is 0 Å². The standard InChI is InChI=1S/C34H48N6O4/c1-8-10-11-13-29(38-18-20-39(21-19-38)32(41)44-34(5,6)7)27-16-14-26(15-17-27)25(4)36-31-35-22-28-23-43-33(42)40(30(28)37-31)24(3)12-9-2/h8-9,14-17,22,24-25,29H,1-2,10-13,18-21,23H2,3-7H3,(H,35,36,37)/t24-,25-,29?/m0/s1. The number of carbonyl (C=O) groups excluding carboxylic acids is 2. The lowest BCUT2D eigenvalue weighted by atomic mass is 9.96. The molecule has 0 aliphatic carbocycles. The number of unbranched alkanes of at least 4 members (excludes halogenated alkanes) is 1. The van der Waals surface area contributed by atoms with Crippen LogP contribution >= 0.6 is 0 Å². The molecule has 2 aromatic rings. The minimum absolute atomic E-state index is 0.0618. The number of ether oxygens (including phenoxy) is 2. The molecular formula is C34H48N6O4. The SMILES string of the molecule is C=CCCCC(c1ccc([C@H](C)Nc2ncc3c(n2)N([C@@H](C)CC=C)C(=O)OC3)cc1)N1CCN(C(=O)OC(C)(C)C)CC1. The van der Waals surface area contributed by atoms with Crippen molar-refractivity contribution < 1.29 is 19.1 Å². The van der Waals surface area contributed by atoms with Crippen molar-refractivity contribution in [1.29, 1.82) is 0 Å². The summed E-state index contributed by atoms with van der Waals surface area (Å²) in [6.45, 7) is 20.4. The van der Waals surface area contributed by atoms with Crippen LogP contribution in [-0.2, 0) is 16.1 Å². The van der Waals surface area contributed by atoms with E-state index in [4.69, 9.17) is 14.5 Å². The monoisotopic (exact) mass is 604 g/mol.